The van der Waals surface area contributed by atoms with Crippen molar-refractivity contribution in [1.82, 2.24) is 10.3 Å². The van der Waals surface area contributed by atoms with Crippen LogP contribution in [0, 0.1) is 0 Å². The van der Waals surface area contributed by atoms with Gasteiger partial charge in [0.1, 0.15) is 23.5 Å². The molecule has 0 aliphatic rings. The minimum Gasteiger partial charge on any atom is -0.491 e. The third-order valence-electron chi connectivity index (χ3n) is 3.35. The van der Waals surface area contributed by atoms with Crippen LogP contribution >= 0.6 is 11.8 Å². The summed E-state index contributed by atoms with van der Waals surface area (Å²) in [6, 6.07) is 6.22. The molecule has 1 unspecified atom stereocenters. The van der Waals surface area contributed by atoms with Crippen molar-refractivity contribution in [2.75, 3.05) is 13.2 Å². The van der Waals surface area contributed by atoms with Crippen LogP contribution < -0.4 is 10.1 Å². The second kappa shape index (κ2) is 9.35. The van der Waals surface area contributed by atoms with Gasteiger partial charge in [-0.15, -0.1) is 0 Å². The number of alkyl halides is 6. The van der Waals surface area contributed by atoms with Crippen LogP contribution in [0.3, 0.4) is 0 Å². The van der Waals surface area contributed by atoms with E-state index in [1.165, 1.54) is 6.07 Å². The molecule has 2 N–H and O–H groups in total. The molecule has 1 atom stereocenters. The average molecular weight is 440 g/mol. The number of benzene rings is 1. The molecule has 5 nitrogen and oxygen atoms in total. The van der Waals surface area contributed by atoms with Crippen LogP contribution in [0.15, 0.2) is 47.6 Å². The number of aromatic nitrogens is 1. The number of nitrogens with zero attached hydrogens (tertiary/aromatic N) is 1. The van der Waals surface area contributed by atoms with Gasteiger partial charge >= 0.3 is 11.7 Å². The second-order valence-corrected chi connectivity index (χ2v) is 6.65. The number of carbonyl (C=O) groups excluding carboxylic acids is 1. The Kier molecular flexibility index (Phi) is 7.36. The SMILES string of the molecule is O=C(NCC(O)COc1ccc(C(F)(F)F)cc1)c1cccnc1SC(F)(F)F. The van der Waals surface area contributed by atoms with E-state index in [0.29, 0.717) is 0 Å². The van der Waals surface area contributed by atoms with Gasteiger partial charge in [-0.3, -0.25) is 4.79 Å². The molecule has 0 aliphatic heterocycles. The predicted octanol–water partition coefficient (Wildman–Crippen LogP) is 3.88. The molecule has 0 fully saturated rings. The monoisotopic (exact) mass is 440 g/mol. The van der Waals surface area contributed by atoms with Gasteiger partial charge in [0.25, 0.3) is 5.91 Å². The molecule has 1 aromatic carbocycles. The molecule has 0 aliphatic carbocycles. The molecule has 1 aromatic heterocycles. The first kappa shape index (κ1) is 22.8. The zero-order valence-corrected chi connectivity index (χ0v) is 15.2. The highest BCUT2D eigenvalue weighted by Crippen LogP contribution is 2.37. The fourth-order valence-electron chi connectivity index (χ4n) is 2.05. The van der Waals surface area contributed by atoms with Crippen molar-refractivity contribution in [3.63, 3.8) is 0 Å². The number of hydrogen-bond acceptors (Lipinski definition) is 5. The van der Waals surface area contributed by atoms with Crippen LogP contribution in [0.5, 0.6) is 5.75 Å². The smallest absolute Gasteiger partial charge is 0.447 e. The van der Waals surface area contributed by atoms with E-state index in [1.54, 1.807) is 0 Å². The maximum absolute atomic E-state index is 12.5. The minimum atomic E-state index is -4.63. The van der Waals surface area contributed by atoms with Crippen molar-refractivity contribution in [2.45, 2.75) is 22.8 Å². The molecule has 158 valence electrons. The Morgan fingerprint density at radius 3 is 2.38 bits per heavy atom. The van der Waals surface area contributed by atoms with Gasteiger partial charge in [-0.05, 0) is 36.4 Å². The van der Waals surface area contributed by atoms with Crippen LogP contribution in [0.25, 0.3) is 0 Å². The zero-order chi connectivity index (χ0) is 21.7. The quantitative estimate of drug-likeness (QED) is 0.505. The lowest BCUT2D eigenvalue weighted by molar-refractivity contribution is -0.137. The molecule has 0 spiro atoms. The number of ether oxygens (including phenoxy) is 1. The highest BCUT2D eigenvalue weighted by atomic mass is 32.2. The number of rotatable bonds is 7. The predicted molar refractivity (Wildman–Crippen MR) is 91.4 cm³/mol. The van der Waals surface area contributed by atoms with Crippen LogP contribution in [0.4, 0.5) is 26.3 Å². The summed E-state index contributed by atoms with van der Waals surface area (Å²) in [6.07, 6.45) is -4.63. The Hall–Kier alpha value is -2.47. The highest BCUT2D eigenvalue weighted by Gasteiger charge is 2.32. The number of halogens is 6. The molecule has 0 bridgehead atoms. The summed E-state index contributed by atoms with van der Waals surface area (Å²) in [5.41, 5.74) is -5.80. The van der Waals surface area contributed by atoms with E-state index in [9.17, 15) is 36.2 Å². The maximum atomic E-state index is 12.5. The van der Waals surface area contributed by atoms with Gasteiger partial charge in [0, 0.05) is 24.5 Å². The number of aliphatic hydroxyl groups excluding tert-OH is 1. The van der Waals surface area contributed by atoms with Gasteiger partial charge in [-0.2, -0.15) is 26.3 Å². The first-order valence-corrected chi connectivity index (χ1v) is 8.74. The maximum Gasteiger partial charge on any atom is 0.447 e. The van der Waals surface area contributed by atoms with E-state index in [-0.39, 0.29) is 24.5 Å². The summed E-state index contributed by atoms with van der Waals surface area (Å²) in [5, 5.41) is 11.5. The third-order valence-corrected chi connectivity index (χ3v) is 4.10. The van der Waals surface area contributed by atoms with E-state index >= 15 is 0 Å². The molecule has 0 saturated heterocycles. The fraction of sp³-hybridized carbons (Fsp3) is 0.294. The average Bonchev–Trinajstić information content (AvgIpc) is 2.63. The van der Waals surface area contributed by atoms with Crippen molar-refractivity contribution >= 4 is 17.7 Å². The van der Waals surface area contributed by atoms with Crippen molar-refractivity contribution in [2.24, 2.45) is 0 Å². The molecule has 2 rings (SSSR count). The van der Waals surface area contributed by atoms with Gasteiger partial charge in [0.05, 0.1) is 11.1 Å². The lowest BCUT2D eigenvalue weighted by atomic mass is 10.2. The first-order valence-electron chi connectivity index (χ1n) is 7.93. The third kappa shape index (κ3) is 7.46. The molecule has 2 aromatic rings. The molecular formula is C17H14F6N2O3S. The van der Waals surface area contributed by atoms with E-state index in [0.717, 1.165) is 36.5 Å². The molecular weight excluding hydrogens is 426 g/mol. The minimum absolute atomic E-state index is 0.0690. The summed E-state index contributed by atoms with van der Waals surface area (Å²) in [6.45, 7) is -0.715. The zero-order valence-electron chi connectivity index (χ0n) is 14.4. The lowest BCUT2D eigenvalue weighted by Crippen LogP contribution is -2.35. The molecule has 12 heteroatoms. The highest BCUT2D eigenvalue weighted by molar-refractivity contribution is 8.00. The van der Waals surface area contributed by atoms with Crippen LogP contribution in [-0.2, 0) is 6.18 Å². The van der Waals surface area contributed by atoms with Crippen LogP contribution in [0.1, 0.15) is 15.9 Å². The van der Waals surface area contributed by atoms with Gasteiger partial charge in [-0.25, -0.2) is 4.98 Å². The molecule has 1 amide bonds. The van der Waals surface area contributed by atoms with Crippen molar-refractivity contribution in [3.05, 3.63) is 53.7 Å². The van der Waals surface area contributed by atoms with Gasteiger partial charge < -0.3 is 15.2 Å². The van der Waals surface area contributed by atoms with Crippen molar-refractivity contribution in [1.29, 1.82) is 0 Å². The Labute approximate surface area is 165 Å². The largest absolute Gasteiger partial charge is 0.491 e. The normalized spacial score (nSPS) is 13.1. The number of hydrogen-bond donors (Lipinski definition) is 2. The Balaban J connectivity index is 1.86. The standard InChI is InChI=1S/C17H14F6N2O3S/c18-16(19,20)10-3-5-12(6-4-10)28-9-11(26)8-25-14(27)13-2-1-7-24-15(13)29-17(21,22)23/h1-7,11,26H,8-9H2,(H,25,27). The first-order chi connectivity index (χ1) is 13.5. The Bertz CT molecular complexity index is 827. The van der Waals surface area contributed by atoms with E-state index in [1.807, 2.05) is 0 Å². The molecule has 1 heterocycles. The van der Waals surface area contributed by atoms with Gasteiger partial charge in [-0.1, -0.05) is 0 Å². The summed E-state index contributed by atoms with van der Waals surface area (Å²) in [4.78, 5) is 15.6. The number of nitrogens with one attached hydrogen (secondary N) is 1. The molecule has 29 heavy (non-hydrogen) atoms. The Morgan fingerprint density at radius 2 is 1.79 bits per heavy atom. The number of aliphatic hydroxyl groups is 1. The van der Waals surface area contributed by atoms with E-state index in [2.05, 4.69) is 10.3 Å². The van der Waals surface area contributed by atoms with Crippen LogP contribution in [0.2, 0.25) is 0 Å². The van der Waals surface area contributed by atoms with Crippen molar-refractivity contribution < 1.29 is 41.0 Å². The number of thioether (sulfide) groups is 1. The Morgan fingerprint density at radius 1 is 1.14 bits per heavy atom. The summed E-state index contributed by atoms with van der Waals surface area (Å²) in [5.74, 6) is -0.807. The number of carbonyl (C=O) groups is 1. The van der Waals surface area contributed by atoms with Crippen LogP contribution in [-0.4, -0.2) is 40.8 Å². The van der Waals surface area contributed by atoms with E-state index in [4.69, 9.17) is 4.74 Å². The summed E-state index contributed by atoms with van der Waals surface area (Å²) < 4.78 is 80.1. The summed E-state index contributed by atoms with van der Waals surface area (Å²) >= 11 is -0.539. The number of pyridine rings is 1. The van der Waals surface area contributed by atoms with Crippen molar-refractivity contribution in [3.8, 4) is 5.75 Å². The molecule has 0 saturated carbocycles. The van der Waals surface area contributed by atoms with E-state index < -0.39 is 46.0 Å². The number of amides is 1. The topological polar surface area (TPSA) is 71.5 Å². The van der Waals surface area contributed by atoms with Gasteiger partial charge in [0.2, 0.25) is 0 Å². The second-order valence-electron chi connectivity index (χ2n) is 5.60. The fourth-order valence-corrected chi connectivity index (χ4v) is 2.66. The molecule has 0 radical (unpaired) electrons. The summed E-state index contributed by atoms with van der Waals surface area (Å²) in [7, 11) is 0. The lowest BCUT2D eigenvalue weighted by Gasteiger charge is -2.15. The van der Waals surface area contributed by atoms with Gasteiger partial charge in [0.15, 0.2) is 0 Å².